The number of rotatable bonds is 12. The van der Waals surface area contributed by atoms with Crippen LogP contribution in [0.3, 0.4) is 0 Å². The number of nitrogens with zero attached hydrogens (tertiary/aromatic N) is 2. The minimum atomic E-state index is -4.05. The summed E-state index contributed by atoms with van der Waals surface area (Å²) in [7, 11) is -4.05. The number of benzene rings is 2. The molecule has 1 aromatic heterocycles. The Hall–Kier alpha value is -2.16. The van der Waals surface area contributed by atoms with Crippen molar-refractivity contribution < 1.29 is 36.2 Å². The number of alkyl halides is 2. The van der Waals surface area contributed by atoms with Crippen molar-refractivity contribution in [3.8, 4) is 11.5 Å². The first-order valence-electron chi connectivity index (χ1n) is 13.5. The lowest BCUT2D eigenvalue weighted by atomic mass is 10.0. The Morgan fingerprint density at radius 3 is 2.52 bits per heavy atom. The van der Waals surface area contributed by atoms with Gasteiger partial charge in [0.05, 0.1) is 21.5 Å². The number of aryl methyl sites for hydroxylation is 1. The summed E-state index contributed by atoms with van der Waals surface area (Å²) in [6, 6.07) is 8.93. The van der Waals surface area contributed by atoms with E-state index >= 15 is 0 Å². The van der Waals surface area contributed by atoms with E-state index in [0.29, 0.717) is 33.9 Å². The van der Waals surface area contributed by atoms with E-state index in [9.17, 15) is 22.0 Å². The summed E-state index contributed by atoms with van der Waals surface area (Å²) in [6.07, 6.45) is 3.67. The van der Waals surface area contributed by atoms with E-state index in [4.69, 9.17) is 32.7 Å². The first kappa shape index (κ1) is 33.2. The molecule has 0 bridgehead atoms. The summed E-state index contributed by atoms with van der Waals surface area (Å²) < 4.78 is 71.7. The first-order valence-corrected chi connectivity index (χ1v) is 17.6. The highest BCUT2D eigenvalue weighted by molar-refractivity contribution is 9.10. The molecule has 5 rings (SSSR count). The van der Waals surface area contributed by atoms with Crippen LogP contribution in [0.15, 0.2) is 58.2 Å². The maximum Gasteiger partial charge on any atom is 0.387 e. The lowest BCUT2D eigenvalue weighted by Crippen LogP contribution is -2.40. The molecule has 44 heavy (non-hydrogen) atoms. The average molecular weight is 752 g/mol. The summed E-state index contributed by atoms with van der Waals surface area (Å²) in [6.45, 7) is -0.823. The van der Waals surface area contributed by atoms with Gasteiger partial charge < -0.3 is 14.2 Å². The Balaban J connectivity index is 1.46. The normalized spacial score (nSPS) is 17.9. The molecule has 8 nitrogen and oxygen atoms in total. The molecule has 2 aromatic carbocycles. The quantitative estimate of drug-likeness (QED) is 0.176. The molecule has 236 valence electrons. The number of sulfonamides is 1. The van der Waals surface area contributed by atoms with Gasteiger partial charge in [0.15, 0.2) is 16.9 Å². The number of esters is 1. The van der Waals surface area contributed by atoms with Gasteiger partial charge >= 0.3 is 12.6 Å². The second-order valence-electron chi connectivity index (χ2n) is 10.3. The molecule has 1 aliphatic carbocycles. The van der Waals surface area contributed by atoms with Crippen LogP contribution in [0.4, 0.5) is 8.78 Å². The van der Waals surface area contributed by atoms with Gasteiger partial charge in [0.1, 0.15) is 6.10 Å². The maximum absolute atomic E-state index is 13.7. The van der Waals surface area contributed by atoms with Crippen LogP contribution in [-0.4, -0.2) is 54.6 Å². The Bertz CT molecular complexity index is 1630. The highest BCUT2D eigenvalue weighted by Crippen LogP contribution is 2.39. The van der Waals surface area contributed by atoms with Gasteiger partial charge in [0.2, 0.25) is 10.0 Å². The maximum atomic E-state index is 13.7. The number of ether oxygens (including phenoxy) is 3. The number of hydrogen-bond donors (Lipinski definition) is 0. The van der Waals surface area contributed by atoms with Gasteiger partial charge in [-0.2, -0.15) is 13.1 Å². The zero-order chi connectivity index (χ0) is 31.6. The predicted octanol–water partition coefficient (Wildman–Crippen LogP) is 7.44. The molecule has 0 N–H and O–H groups in total. The third-order valence-corrected chi connectivity index (χ3v) is 11.8. The molecule has 15 heteroatoms. The third kappa shape index (κ3) is 7.79. The van der Waals surface area contributed by atoms with Gasteiger partial charge in [-0.15, -0.1) is 11.8 Å². The van der Waals surface area contributed by atoms with Crippen LogP contribution in [0.5, 0.6) is 11.5 Å². The standard InChI is InChI=1S/C29H27BrCl2F2N2O6S2/c1-16-2-6-19(11-21(16)30)44(38,39)36-8-9-43-27(36)28(37)41-25(12-20-22(31)13-35-14-23(20)32)18-5-7-24(42-29(33)34)26(10-18)40-15-17-3-4-17/h2,5-7,10-11,13-14,17,25,27,29H,3-4,8-9,12,15H2,1H3/t25-,27-/m0/s1. The lowest BCUT2D eigenvalue weighted by Gasteiger charge is -2.26. The average Bonchev–Trinajstić information content (AvgIpc) is 3.66. The van der Waals surface area contributed by atoms with Gasteiger partial charge in [-0.25, -0.2) is 13.2 Å². The van der Waals surface area contributed by atoms with Crippen molar-refractivity contribution >= 4 is 66.9 Å². The minimum absolute atomic E-state index is 0.0158. The number of thioether (sulfide) groups is 1. The van der Waals surface area contributed by atoms with Crippen LogP contribution in [0, 0.1) is 12.8 Å². The Morgan fingerprint density at radius 2 is 1.86 bits per heavy atom. The molecule has 0 unspecified atom stereocenters. The monoisotopic (exact) mass is 750 g/mol. The fourth-order valence-corrected chi connectivity index (χ4v) is 8.65. The molecule has 1 saturated carbocycles. The fourth-order valence-electron chi connectivity index (χ4n) is 4.52. The number of carbonyl (C=O) groups is 1. The molecule has 2 fully saturated rings. The van der Waals surface area contributed by atoms with Crippen LogP contribution < -0.4 is 9.47 Å². The molecular weight excluding hydrogens is 725 g/mol. The van der Waals surface area contributed by atoms with E-state index in [1.165, 1.54) is 42.7 Å². The highest BCUT2D eigenvalue weighted by Gasteiger charge is 2.42. The van der Waals surface area contributed by atoms with Crippen LogP contribution in [0.2, 0.25) is 10.0 Å². The van der Waals surface area contributed by atoms with Crippen molar-refractivity contribution in [3.05, 3.63) is 80.0 Å². The molecule has 2 aliphatic rings. The summed E-state index contributed by atoms with van der Waals surface area (Å²) in [5, 5.41) is -0.713. The van der Waals surface area contributed by atoms with Crippen LogP contribution in [0.25, 0.3) is 0 Å². The number of pyridine rings is 1. The van der Waals surface area contributed by atoms with Gasteiger partial charge in [-0.1, -0.05) is 51.3 Å². The second kappa shape index (κ2) is 14.1. The van der Waals surface area contributed by atoms with Gasteiger partial charge in [-0.3, -0.25) is 4.98 Å². The van der Waals surface area contributed by atoms with Crippen molar-refractivity contribution in [3.63, 3.8) is 0 Å². The van der Waals surface area contributed by atoms with Gasteiger partial charge in [0, 0.05) is 35.6 Å². The number of aromatic nitrogens is 1. The van der Waals surface area contributed by atoms with Crippen LogP contribution in [0.1, 0.15) is 35.6 Å². The first-order chi connectivity index (χ1) is 20.9. The molecule has 1 saturated heterocycles. The van der Waals surface area contributed by atoms with E-state index in [1.807, 2.05) is 6.92 Å². The highest BCUT2D eigenvalue weighted by atomic mass is 79.9. The Labute approximate surface area is 276 Å². The Kier molecular flexibility index (Phi) is 10.6. The summed E-state index contributed by atoms with van der Waals surface area (Å²) >= 11 is 17.3. The zero-order valence-corrected chi connectivity index (χ0v) is 28.0. The van der Waals surface area contributed by atoms with Crippen molar-refractivity contribution in [2.45, 2.75) is 49.2 Å². The fraction of sp³-hybridized carbons (Fsp3) is 0.379. The van der Waals surface area contributed by atoms with Crippen LogP contribution in [-0.2, 0) is 26.0 Å². The third-order valence-electron chi connectivity index (χ3n) is 7.13. The van der Waals surface area contributed by atoms with E-state index < -0.39 is 34.1 Å². The molecule has 0 radical (unpaired) electrons. The molecule has 1 aliphatic heterocycles. The van der Waals surface area contributed by atoms with Crippen molar-refractivity contribution in [2.75, 3.05) is 18.9 Å². The van der Waals surface area contributed by atoms with Gasteiger partial charge in [0.25, 0.3) is 0 Å². The summed E-state index contributed by atoms with van der Waals surface area (Å²) in [5.74, 6) is -0.212. The van der Waals surface area contributed by atoms with E-state index in [-0.39, 0.29) is 39.4 Å². The minimum Gasteiger partial charge on any atom is -0.489 e. The lowest BCUT2D eigenvalue weighted by molar-refractivity contribution is -0.150. The van der Waals surface area contributed by atoms with E-state index in [0.717, 1.165) is 34.5 Å². The molecule has 0 spiro atoms. The molecule has 3 aromatic rings. The largest absolute Gasteiger partial charge is 0.489 e. The molecular formula is C29H27BrCl2F2N2O6S2. The SMILES string of the molecule is Cc1ccc(S(=O)(=O)N2CCS[C@H]2C(=O)O[C@@H](Cc2c(Cl)cncc2Cl)c2ccc(OC(F)F)c(OCC3CC3)c2)cc1Br. The second-order valence-corrected chi connectivity index (χ2v) is 15.0. The molecule has 2 atom stereocenters. The Morgan fingerprint density at radius 1 is 1.14 bits per heavy atom. The smallest absolute Gasteiger partial charge is 0.387 e. The summed E-state index contributed by atoms with van der Waals surface area (Å²) in [4.78, 5) is 17.7. The van der Waals surface area contributed by atoms with Gasteiger partial charge in [-0.05, 0) is 66.6 Å². The number of hydrogen-bond acceptors (Lipinski definition) is 8. The van der Waals surface area contributed by atoms with Crippen molar-refractivity contribution in [2.24, 2.45) is 5.92 Å². The zero-order valence-electron chi connectivity index (χ0n) is 23.2. The van der Waals surface area contributed by atoms with E-state index in [2.05, 4.69) is 25.7 Å². The number of carbonyl (C=O) groups excluding carboxylic acids is 1. The molecule has 0 amide bonds. The van der Waals surface area contributed by atoms with E-state index in [1.54, 1.807) is 6.07 Å². The summed E-state index contributed by atoms with van der Waals surface area (Å²) in [5.41, 5.74) is 1.68. The number of halogens is 5. The predicted molar refractivity (Wildman–Crippen MR) is 167 cm³/mol. The molecule has 2 heterocycles. The van der Waals surface area contributed by atoms with Crippen molar-refractivity contribution in [1.82, 2.24) is 9.29 Å². The van der Waals surface area contributed by atoms with Crippen LogP contribution >= 0.6 is 50.9 Å². The van der Waals surface area contributed by atoms with Crippen molar-refractivity contribution in [1.29, 1.82) is 0 Å². The topological polar surface area (TPSA) is 95.0 Å².